The van der Waals surface area contributed by atoms with Gasteiger partial charge in [0, 0.05) is 12.5 Å². The van der Waals surface area contributed by atoms with Gasteiger partial charge in [-0.25, -0.2) is 0 Å². The van der Waals surface area contributed by atoms with E-state index in [4.69, 9.17) is 0 Å². The summed E-state index contributed by atoms with van der Waals surface area (Å²) in [6.07, 6.45) is 4.82. The summed E-state index contributed by atoms with van der Waals surface area (Å²) in [7, 11) is 0. The molecule has 1 aromatic carbocycles. The average Bonchev–Trinajstić information content (AvgIpc) is 3.56. The normalized spacial score (nSPS) is 18.1. The van der Waals surface area contributed by atoms with Crippen molar-refractivity contribution in [1.82, 2.24) is 20.1 Å². The topological polar surface area (TPSA) is 59.8 Å². The Kier molecular flexibility index (Phi) is 4.79. The average molecular weight is 356 g/mol. The zero-order valence-electron chi connectivity index (χ0n) is 14.5. The van der Waals surface area contributed by atoms with Crippen molar-refractivity contribution in [3.05, 3.63) is 41.7 Å². The maximum atomic E-state index is 12.5. The molecule has 2 fully saturated rings. The first-order chi connectivity index (χ1) is 12.3. The third kappa shape index (κ3) is 3.89. The summed E-state index contributed by atoms with van der Waals surface area (Å²) < 4.78 is 2.16. The zero-order chi connectivity index (χ0) is 17.2. The fraction of sp³-hybridized carbons (Fsp3) is 0.526. The lowest BCUT2D eigenvalue weighted by atomic mass is 10.0. The van der Waals surface area contributed by atoms with Gasteiger partial charge >= 0.3 is 0 Å². The van der Waals surface area contributed by atoms with Gasteiger partial charge in [0.05, 0.1) is 11.8 Å². The number of thioether (sulfide) groups is 1. The van der Waals surface area contributed by atoms with Crippen LogP contribution < -0.4 is 5.32 Å². The number of hydrogen-bond donors (Lipinski definition) is 1. The van der Waals surface area contributed by atoms with E-state index < -0.39 is 0 Å². The summed E-state index contributed by atoms with van der Waals surface area (Å²) in [6, 6.07) is 10.4. The molecule has 0 aliphatic heterocycles. The molecule has 1 atom stereocenters. The zero-order valence-corrected chi connectivity index (χ0v) is 15.3. The van der Waals surface area contributed by atoms with Crippen LogP contribution in [0.1, 0.15) is 56.0 Å². The fourth-order valence-electron chi connectivity index (χ4n) is 3.26. The van der Waals surface area contributed by atoms with E-state index in [1.807, 2.05) is 18.2 Å². The Morgan fingerprint density at radius 2 is 2.00 bits per heavy atom. The molecule has 1 N–H and O–H groups in total. The van der Waals surface area contributed by atoms with Crippen LogP contribution >= 0.6 is 11.8 Å². The summed E-state index contributed by atoms with van der Waals surface area (Å²) in [5, 5.41) is 12.7. The lowest BCUT2D eigenvalue weighted by molar-refractivity contribution is -0.119. The van der Waals surface area contributed by atoms with E-state index in [0.29, 0.717) is 17.6 Å². The molecule has 1 unspecified atom stereocenters. The number of carbonyl (C=O) groups excluding carboxylic acids is 1. The first kappa shape index (κ1) is 16.6. The molecule has 2 aliphatic rings. The lowest BCUT2D eigenvalue weighted by Gasteiger charge is -2.18. The highest BCUT2D eigenvalue weighted by Gasteiger charge is 2.33. The van der Waals surface area contributed by atoms with Crippen LogP contribution in [-0.4, -0.2) is 26.4 Å². The van der Waals surface area contributed by atoms with Crippen molar-refractivity contribution in [2.75, 3.05) is 5.75 Å². The Balaban J connectivity index is 1.37. The van der Waals surface area contributed by atoms with Crippen molar-refractivity contribution in [3.8, 4) is 0 Å². The third-order valence-electron chi connectivity index (χ3n) is 4.91. The number of aromatic nitrogens is 3. The Bertz CT molecular complexity index is 737. The summed E-state index contributed by atoms with van der Waals surface area (Å²) in [5.74, 6) is 2.71. The molecule has 1 amide bonds. The van der Waals surface area contributed by atoms with Gasteiger partial charge in [-0.05, 0) is 44.1 Å². The van der Waals surface area contributed by atoms with Gasteiger partial charge in [-0.1, -0.05) is 42.1 Å². The second kappa shape index (κ2) is 7.20. The van der Waals surface area contributed by atoms with Gasteiger partial charge in [0.1, 0.15) is 5.82 Å². The molecule has 1 aromatic heterocycles. The Labute approximate surface area is 152 Å². The molecule has 6 heteroatoms. The number of hydrogen-bond acceptors (Lipinski definition) is 4. The first-order valence-electron chi connectivity index (χ1n) is 9.16. The van der Waals surface area contributed by atoms with Gasteiger partial charge in [-0.2, -0.15) is 0 Å². The summed E-state index contributed by atoms with van der Waals surface area (Å²) in [5.41, 5.74) is 1.20. The van der Waals surface area contributed by atoms with Crippen LogP contribution in [0.25, 0.3) is 0 Å². The lowest BCUT2D eigenvalue weighted by Crippen LogP contribution is -2.31. The molecule has 2 aliphatic carbocycles. The molecule has 0 bridgehead atoms. The fourth-order valence-corrected chi connectivity index (χ4v) is 4.08. The second-order valence-electron chi connectivity index (χ2n) is 6.94. The first-order valence-corrected chi connectivity index (χ1v) is 10.1. The van der Waals surface area contributed by atoms with Gasteiger partial charge in [0.2, 0.25) is 5.91 Å². The molecule has 1 heterocycles. The minimum Gasteiger partial charge on any atom is -0.348 e. The monoisotopic (exact) mass is 356 g/mol. The Morgan fingerprint density at radius 1 is 1.24 bits per heavy atom. The van der Waals surface area contributed by atoms with Crippen LogP contribution in [0.15, 0.2) is 35.5 Å². The molecule has 4 rings (SSSR count). The number of nitrogens with one attached hydrogen (secondary N) is 1. The molecular weight excluding hydrogens is 332 g/mol. The highest BCUT2D eigenvalue weighted by Crippen LogP contribution is 2.41. The van der Waals surface area contributed by atoms with Crippen LogP contribution in [0.3, 0.4) is 0 Å². The van der Waals surface area contributed by atoms with Crippen LogP contribution in [0.5, 0.6) is 0 Å². The number of amides is 1. The number of rotatable bonds is 8. The van der Waals surface area contributed by atoms with E-state index in [1.54, 1.807) is 0 Å². The molecule has 2 aromatic rings. The van der Waals surface area contributed by atoms with E-state index in [1.165, 1.54) is 43.0 Å². The van der Waals surface area contributed by atoms with E-state index in [9.17, 15) is 4.79 Å². The number of carbonyl (C=O) groups is 1. The van der Waals surface area contributed by atoms with Crippen molar-refractivity contribution >= 4 is 17.7 Å². The molecule has 5 nitrogen and oxygen atoms in total. The van der Waals surface area contributed by atoms with Gasteiger partial charge in [-0.15, -0.1) is 10.2 Å². The Morgan fingerprint density at radius 3 is 2.64 bits per heavy atom. The van der Waals surface area contributed by atoms with E-state index >= 15 is 0 Å². The summed E-state index contributed by atoms with van der Waals surface area (Å²) in [6.45, 7) is 2.97. The van der Waals surface area contributed by atoms with Crippen molar-refractivity contribution in [2.45, 2.75) is 56.3 Å². The predicted octanol–water partition coefficient (Wildman–Crippen LogP) is 3.54. The van der Waals surface area contributed by atoms with Crippen molar-refractivity contribution in [2.24, 2.45) is 5.92 Å². The molecule has 2 saturated carbocycles. The molecule has 0 saturated heterocycles. The maximum Gasteiger partial charge on any atom is 0.230 e. The molecule has 0 radical (unpaired) electrons. The highest BCUT2D eigenvalue weighted by molar-refractivity contribution is 7.99. The SMILES string of the molecule is CCn1c(SCC(=O)NC(c2ccccc2)C2CC2)nnc1C1CC1. The van der Waals surface area contributed by atoms with Crippen molar-refractivity contribution < 1.29 is 4.79 Å². The van der Waals surface area contributed by atoms with Crippen molar-refractivity contribution in [3.63, 3.8) is 0 Å². The van der Waals surface area contributed by atoms with E-state index in [2.05, 4.69) is 39.1 Å². The van der Waals surface area contributed by atoms with Gasteiger partial charge < -0.3 is 9.88 Å². The molecule has 25 heavy (non-hydrogen) atoms. The minimum absolute atomic E-state index is 0.0735. The quantitative estimate of drug-likeness (QED) is 0.735. The van der Waals surface area contributed by atoms with E-state index in [-0.39, 0.29) is 11.9 Å². The maximum absolute atomic E-state index is 12.5. The second-order valence-corrected chi connectivity index (χ2v) is 7.88. The van der Waals surface area contributed by atoms with Gasteiger partial charge in [-0.3, -0.25) is 4.79 Å². The molecule has 132 valence electrons. The summed E-state index contributed by atoms with van der Waals surface area (Å²) >= 11 is 1.49. The number of nitrogens with zero attached hydrogens (tertiary/aromatic N) is 3. The Hall–Kier alpha value is -1.82. The van der Waals surface area contributed by atoms with Gasteiger partial charge in [0.15, 0.2) is 5.16 Å². The smallest absolute Gasteiger partial charge is 0.230 e. The predicted molar refractivity (Wildman–Crippen MR) is 98.4 cm³/mol. The molecular formula is C19H24N4OS. The van der Waals surface area contributed by atoms with Crippen LogP contribution in [0, 0.1) is 5.92 Å². The number of benzene rings is 1. The van der Waals surface area contributed by atoms with Gasteiger partial charge in [0.25, 0.3) is 0 Å². The highest BCUT2D eigenvalue weighted by atomic mass is 32.2. The standard InChI is InChI=1S/C19H24N4OS/c1-2-23-18(15-10-11-15)21-22-19(23)25-12-16(24)20-17(14-8-9-14)13-6-4-3-5-7-13/h3-7,14-15,17H,2,8-12H2,1H3,(H,20,24). The van der Waals surface area contributed by atoms with Crippen molar-refractivity contribution in [1.29, 1.82) is 0 Å². The van der Waals surface area contributed by atoms with Crippen LogP contribution in [0.2, 0.25) is 0 Å². The largest absolute Gasteiger partial charge is 0.348 e. The van der Waals surface area contributed by atoms with Crippen LogP contribution in [-0.2, 0) is 11.3 Å². The third-order valence-corrected chi connectivity index (χ3v) is 5.87. The van der Waals surface area contributed by atoms with E-state index in [0.717, 1.165) is 17.5 Å². The molecule has 0 spiro atoms. The summed E-state index contributed by atoms with van der Waals surface area (Å²) in [4.78, 5) is 12.5. The minimum atomic E-state index is 0.0735. The van der Waals surface area contributed by atoms with Crippen LogP contribution in [0.4, 0.5) is 0 Å².